The van der Waals surface area contributed by atoms with Gasteiger partial charge < -0.3 is 15.3 Å². The van der Waals surface area contributed by atoms with E-state index >= 15 is 0 Å². The van der Waals surface area contributed by atoms with Gasteiger partial charge in [-0.25, -0.2) is 4.79 Å². The molecule has 1 aromatic carbocycles. The van der Waals surface area contributed by atoms with E-state index in [1.165, 1.54) is 57.4 Å². The number of carbonyl (C=O) groups excluding carboxylic acids is 1. The van der Waals surface area contributed by atoms with Crippen LogP contribution in [0.25, 0.3) is 11.1 Å². The number of amides is 1. The van der Waals surface area contributed by atoms with Gasteiger partial charge in [0.2, 0.25) is 0 Å². The van der Waals surface area contributed by atoms with Crippen LogP contribution >= 0.6 is 0 Å². The predicted molar refractivity (Wildman–Crippen MR) is 140 cm³/mol. The van der Waals surface area contributed by atoms with Gasteiger partial charge in [0.1, 0.15) is 0 Å². The molecule has 2 N–H and O–H groups in total. The first kappa shape index (κ1) is 29.6. The molecule has 3 heterocycles. The molecule has 0 unspecified atom stereocenters. The maximum absolute atomic E-state index is 12.4. The number of carboxylic acid groups (broad SMARTS) is 1. The molecule has 10 heteroatoms. The molecular weight excluding hydrogens is 497 g/mol. The van der Waals surface area contributed by atoms with Crippen molar-refractivity contribution in [1.82, 2.24) is 20.1 Å². The van der Waals surface area contributed by atoms with E-state index in [1.807, 2.05) is 12.3 Å². The van der Waals surface area contributed by atoms with Crippen LogP contribution in [0.3, 0.4) is 0 Å². The summed E-state index contributed by atoms with van der Waals surface area (Å²) in [6.07, 6.45) is 3.75. The van der Waals surface area contributed by atoms with Gasteiger partial charge in [-0.15, -0.1) is 0 Å². The number of rotatable bonds is 7. The molecule has 0 saturated carbocycles. The Morgan fingerprint density at radius 1 is 1.03 bits per heavy atom. The van der Waals surface area contributed by atoms with Crippen molar-refractivity contribution < 1.29 is 27.9 Å². The summed E-state index contributed by atoms with van der Waals surface area (Å²) < 4.78 is 31.7. The third-order valence-corrected chi connectivity index (χ3v) is 6.82. The molecule has 4 rings (SSSR count). The Morgan fingerprint density at radius 3 is 2.18 bits per heavy atom. The predicted octanol–water partition coefficient (Wildman–Crippen LogP) is 4.83. The number of nitrogens with one attached hydrogen (secondary N) is 1. The summed E-state index contributed by atoms with van der Waals surface area (Å²) in [5.74, 6) is -2.39. The number of hydrogen-bond donors (Lipinski definition) is 2. The molecule has 0 radical (unpaired) electrons. The lowest BCUT2D eigenvalue weighted by molar-refractivity contribution is -0.192. The number of nitrogens with zero attached hydrogens (tertiary/aromatic N) is 3. The number of piperidine rings is 1. The van der Waals surface area contributed by atoms with Gasteiger partial charge in [-0.3, -0.25) is 14.7 Å². The Bertz CT molecular complexity index is 1050. The van der Waals surface area contributed by atoms with Crippen LogP contribution in [0, 0.1) is 5.92 Å². The Labute approximate surface area is 222 Å². The number of pyridine rings is 1. The van der Waals surface area contributed by atoms with Gasteiger partial charge in [0, 0.05) is 37.1 Å². The molecule has 2 aliphatic heterocycles. The van der Waals surface area contributed by atoms with E-state index in [0.717, 1.165) is 23.7 Å². The second-order valence-corrected chi connectivity index (χ2v) is 10.3. The zero-order chi connectivity index (χ0) is 27.7. The molecule has 1 aromatic heterocycles. The second kappa shape index (κ2) is 13.7. The average Bonchev–Trinajstić information content (AvgIpc) is 3.43. The number of hydrogen-bond acceptors (Lipinski definition) is 5. The second-order valence-electron chi connectivity index (χ2n) is 10.3. The zero-order valence-corrected chi connectivity index (χ0v) is 22.0. The quantitative estimate of drug-likeness (QED) is 0.530. The van der Waals surface area contributed by atoms with E-state index < -0.39 is 12.1 Å². The standard InChI is InChI=1S/C26H36N4O.C2HF3O2/c1-20(2)16-28-26(31)24-15-23(17-27-18-24)22-7-5-21(6-8-22)19-29-13-9-25(10-14-29)30-11-3-4-12-30;3-2(4,5)1(6)7/h5-8,15,17-18,20,25H,3-4,9-14,16,19H2,1-2H3,(H,28,31);(H,6,7). The maximum atomic E-state index is 12.4. The molecule has 2 aromatic rings. The molecule has 208 valence electrons. The number of aromatic nitrogens is 1. The fourth-order valence-corrected chi connectivity index (χ4v) is 4.73. The topological polar surface area (TPSA) is 85.8 Å². The van der Waals surface area contributed by atoms with Crippen LogP contribution in [0.5, 0.6) is 0 Å². The van der Waals surface area contributed by atoms with Crippen molar-refractivity contribution in [3.05, 3.63) is 53.9 Å². The van der Waals surface area contributed by atoms with Crippen LogP contribution in [0.15, 0.2) is 42.7 Å². The Morgan fingerprint density at radius 2 is 1.63 bits per heavy atom. The van der Waals surface area contributed by atoms with Crippen LogP contribution in [0.2, 0.25) is 0 Å². The van der Waals surface area contributed by atoms with E-state index in [-0.39, 0.29) is 5.91 Å². The van der Waals surface area contributed by atoms with Crippen LogP contribution in [-0.2, 0) is 11.3 Å². The SMILES string of the molecule is CC(C)CNC(=O)c1cncc(-c2ccc(CN3CCC(N4CCCC4)CC3)cc2)c1.O=C(O)C(F)(F)F. The molecule has 0 atom stereocenters. The summed E-state index contributed by atoms with van der Waals surface area (Å²) >= 11 is 0. The van der Waals surface area contributed by atoms with E-state index in [4.69, 9.17) is 9.90 Å². The van der Waals surface area contributed by atoms with Crippen molar-refractivity contribution in [1.29, 1.82) is 0 Å². The first-order valence-corrected chi connectivity index (χ1v) is 13.1. The largest absolute Gasteiger partial charge is 0.490 e. The number of alkyl halides is 3. The van der Waals surface area contributed by atoms with Gasteiger partial charge in [-0.2, -0.15) is 13.2 Å². The molecule has 2 fully saturated rings. The highest BCUT2D eigenvalue weighted by molar-refractivity contribution is 5.95. The van der Waals surface area contributed by atoms with Gasteiger partial charge in [-0.05, 0) is 75.0 Å². The normalized spacial score (nSPS) is 17.2. The zero-order valence-electron chi connectivity index (χ0n) is 22.0. The Kier molecular flexibility index (Phi) is 10.7. The smallest absolute Gasteiger partial charge is 0.475 e. The molecule has 0 bridgehead atoms. The number of carboxylic acids is 1. The van der Waals surface area contributed by atoms with E-state index in [9.17, 15) is 18.0 Å². The lowest BCUT2D eigenvalue weighted by Gasteiger charge is -2.36. The monoisotopic (exact) mass is 534 g/mol. The van der Waals surface area contributed by atoms with Crippen molar-refractivity contribution in [3.63, 3.8) is 0 Å². The van der Waals surface area contributed by atoms with Crippen molar-refractivity contribution >= 4 is 11.9 Å². The van der Waals surface area contributed by atoms with E-state index in [1.54, 1.807) is 6.20 Å². The van der Waals surface area contributed by atoms with Crippen LogP contribution in [0.4, 0.5) is 13.2 Å². The third-order valence-electron chi connectivity index (χ3n) is 6.82. The van der Waals surface area contributed by atoms with Gasteiger partial charge >= 0.3 is 12.1 Å². The molecule has 1 amide bonds. The molecule has 7 nitrogen and oxygen atoms in total. The minimum absolute atomic E-state index is 0.0583. The first-order chi connectivity index (χ1) is 18.0. The van der Waals surface area contributed by atoms with Crippen molar-refractivity contribution in [2.75, 3.05) is 32.7 Å². The lowest BCUT2D eigenvalue weighted by Crippen LogP contribution is -2.43. The average molecular weight is 535 g/mol. The fourth-order valence-electron chi connectivity index (χ4n) is 4.73. The van der Waals surface area contributed by atoms with Gasteiger partial charge in [0.25, 0.3) is 5.91 Å². The molecule has 2 saturated heterocycles. The first-order valence-electron chi connectivity index (χ1n) is 13.1. The lowest BCUT2D eigenvalue weighted by atomic mass is 10.0. The molecular formula is C28H37F3N4O3. The third kappa shape index (κ3) is 9.09. The summed E-state index contributed by atoms with van der Waals surface area (Å²) in [7, 11) is 0. The summed E-state index contributed by atoms with van der Waals surface area (Å²) in [5, 5.41) is 10.1. The number of halogens is 3. The van der Waals surface area contributed by atoms with Crippen molar-refractivity contribution in [2.45, 2.75) is 58.3 Å². The summed E-state index contributed by atoms with van der Waals surface area (Å²) in [6, 6.07) is 11.5. The van der Waals surface area contributed by atoms with E-state index in [2.05, 4.69) is 58.2 Å². The highest BCUT2D eigenvalue weighted by Gasteiger charge is 2.38. The Balaban J connectivity index is 0.000000505. The maximum Gasteiger partial charge on any atom is 0.490 e. The van der Waals surface area contributed by atoms with Crippen LogP contribution < -0.4 is 5.32 Å². The number of aliphatic carboxylic acids is 1. The summed E-state index contributed by atoms with van der Waals surface area (Å²) in [6.45, 7) is 10.9. The van der Waals surface area contributed by atoms with Gasteiger partial charge in [-0.1, -0.05) is 38.1 Å². The summed E-state index contributed by atoms with van der Waals surface area (Å²) in [5.41, 5.74) is 4.04. The fraction of sp³-hybridized carbons (Fsp3) is 0.536. The summed E-state index contributed by atoms with van der Waals surface area (Å²) in [4.78, 5) is 30.8. The number of likely N-dealkylation sites (tertiary alicyclic amines) is 2. The van der Waals surface area contributed by atoms with Crippen LogP contribution in [-0.4, -0.2) is 76.7 Å². The number of benzene rings is 1. The Hall–Kier alpha value is -2.98. The molecule has 38 heavy (non-hydrogen) atoms. The minimum Gasteiger partial charge on any atom is -0.475 e. The molecule has 2 aliphatic rings. The van der Waals surface area contributed by atoms with Crippen molar-refractivity contribution in [2.24, 2.45) is 5.92 Å². The minimum atomic E-state index is -5.08. The van der Waals surface area contributed by atoms with Gasteiger partial charge in [0.05, 0.1) is 5.56 Å². The number of carbonyl (C=O) groups is 2. The molecule has 0 spiro atoms. The van der Waals surface area contributed by atoms with Crippen molar-refractivity contribution in [3.8, 4) is 11.1 Å². The van der Waals surface area contributed by atoms with E-state index in [0.29, 0.717) is 18.0 Å². The van der Waals surface area contributed by atoms with Gasteiger partial charge in [0.15, 0.2) is 0 Å². The molecule has 0 aliphatic carbocycles. The van der Waals surface area contributed by atoms with Crippen LogP contribution in [0.1, 0.15) is 55.5 Å². The highest BCUT2D eigenvalue weighted by atomic mass is 19.4. The highest BCUT2D eigenvalue weighted by Crippen LogP contribution is 2.24.